The number of aryl methyl sites for hydroxylation is 1. The molecule has 1 rings (SSSR count). The van der Waals surface area contributed by atoms with Crippen molar-refractivity contribution >= 4 is 0 Å². The standard InChI is InChI=1S/C14H24N2O/c1-13-4-6-14(7-5-13)12-16(9-3-8-15)10-11-17-2/h4-7H,3,8-12,15H2,1-2H3. The summed E-state index contributed by atoms with van der Waals surface area (Å²) in [6.45, 7) is 6.61. The molecular weight excluding hydrogens is 212 g/mol. The van der Waals surface area contributed by atoms with Crippen LogP contribution in [0.1, 0.15) is 17.5 Å². The van der Waals surface area contributed by atoms with Crippen molar-refractivity contribution < 1.29 is 4.74 Å². The van der Waals surface area contributed by atoms with Gasteiger partial charge in [-0.2, -0.15) is 0 Å². The second-order valence-electron chi connectivity index (χ2n) is 4.40. The zero-order valence-electron chi connectivity index (χ0n) is 11.0. The Morgan fingerprint density at radius 2 is 1.88 bits per heavy atom. The van der Waals surface area contributed by atoms with Crippen molar-refractivity contribution in [1.82, 2.24) is 4.90 Å². The summed E-state index contributed by atoms with van der Waals surface area (Å²) in [4.78, 5) is 2.39. The fourth-order valence-electron chi connectivity index (χ4n) is 1.76. The molecule has 0 unspecified atom stereocenters. The largest absolute Gasteiger partial charge is 0.383 e. The molecular formula is C14H24N2O. The van der Waals surface area contributed by atoms with E-state index in [-0.39, 0.29) is 0 Å². The first-order valence-electron chi connectivity index (χ1n) is 6.23. The Morgan fingerprint density at radius 3 is 2.47 bits per heavy atom. The third-order valence-electron chi connectivity index (χ3n) is 2.82. The van der Waals surface area contributed by atoms with Crippen LogP contribution in [0.15, 0.2) is 24.3 Å². The summed E-state index contributed by atoms with van der Waals surface area (Å²) in [6.07, 6.45) is 1.04. The van der Waals surface area contributed by atoms with Crippen LogP contribution in [-0.2, 0) is 11.3 Å². The van der Waals surface area contributed by atoms with Gasteiger partial charge in [0.25, 0.3) is 0 Å². The molecule has 0 saturated carbocycles. The number of nitrogens with two attached hydrogens (primary N) is 1. The second-order valence-corrected chi connectivity index (χ2v) is 4.40. The van der Waals surface area contributed by atoms with Crippen molar-refractivity contribution in [2.45, 2.75) is 19.9 Å². The van der Waals surface area contributed by atoms with Gasteiger partial charge in [-0.15, -0.1) is 0 Å². The molecule has 0 aromatic heterocycles. The van der Waals surface area contributed by atoms with Crippen molar-refractivity contribution in [2.24, 2.45) is 5.73 Å². The highest BCUT2D eigenvalue weighted by molar-refractivity contribution is 5.21. The molecule has 0 heterocycles. The Bertz CT molecular complexity index is 290. The van der Waals surface area contributed by atoms with Crippen LogP contribution in [0.25, 0.3) is 0 Å². The third kappa shape index (κ3) is 5.82. The van der Waals surface area contributed by atoms with Gasteiger partial charge in [-0.3, -0.25) is 4.90 Å². The highest BCUT2D eigenvalue weighted by Gasteiger charge is 2.05. The first-order chi connectivity index (χ1) is 8.26. The average Bonchev–Trinajstić information content (AvgIpc) is 2.35. The minimum atomic E-state index is 0.747. The van der Waals surface area contributed by atoms with Gasteiger partial charge in [0, 0.05) is 20.2 Å². The Kier molecular flexibility index (Phi) is 6.86. The summed E-state index contributed by atoms with van der Waals surface area (Å²) in [5, 5.41) is 0. The van der Waals surface area contributed by atoms with E-state index in [0.29, 0.717) is 0 Å². The Hall–Kier alpha value is -0.900. The van der Waals surface area contributed by atoms with Crippen molar-refractivity contribution in [3.8, 4) is 0 Å². The predicted molar refractivity (Wildman–Crippen MR) is 72.0 cm³/mol. The molecule has 96 valence electrons. The molecule has 0 saturated heterocycles. The van der Waals surface area contributed by atoms with Gasteiger partial charge in [0.1, 0.15) is 0 Å². The minimum absolute atomic E-state index is 0.747. The van der Waals surface area contributed by atoms with Crippen molar-refractivity contribution in [3.05, 3.63) is 35.4 Å². The molecule has 2 N–H and O–H groups in total. The van der Waals surface area contributed by atoms with Gasteiger partial charge < -0.3 is 10.5 Å². The summed E-state index contributed by atoms with van der Waals surface area (Å²) in [5.41, 5.74) is 8.22. The monoisotopic (exact) mass is 236 g/mol. The number of rotatable bonds is 8. The topological polar surface area (TPSA) is 38.5 Å². The lowest BCUT2D eigenvalue weighted by atomic mass is 10.1. The molecule has 3 heteroatoms. The number of hydrogen-bond donors (Lipinski definition) is 1. The summed E-state index contributed by atoms with van der Waals surface area (Å²) in [6, 6.07) is 8.70. The molecule has 0 amide bonds. The summed E-state index contributed by atoms with van der Waals surface area (Å²) in [5.74, 6) is 0. The number of methoxy groups -OCH3 is 1. The van der Waals surface area contributed by atoms with E-state index in [2.05, 4.69) is 36.1 Å². The molecule has 1 aromatic carbocycles. The Morgan fingerprint density at radius 1 is 1.18 bits per heavy atom. The van der Waals surface area contributed by atoms with Gasteiger partial charge in [-0.05, 0) is 32.0 Å². The SMILES string of the molecule is COCCN(CCCN)Cc1ccc(C)cc1. The summed E-state index contributed by atoms with van der Waals surface area (Å²) in [7, 11) is 1.74. The normalized spacial score (nSPS) is 11.1. The molecule has 17 heavy (non-hydrogen) atoms. The van der Waals surface area contributed by atoms with E-state index >= 15 is 0 Å². The summed E-state index contributed by atoms with van der Waals surface area (Å²) >= 11 is 0. The second kappa shape index (κ2) is 8.23. The van der Waals surface area contributed by atoms with Gasteiger partial charge in [0.05, 0.1) is 6.61 Å². The van der Waals surface area contributed by atoms with Gasteiger partial charge in [0.2, 0.25) is 0 Å². The number of nitrogens with zero attached hydrogens (tertiary/aromatic N) is 1. The van der Waals surface area contributed by atoms with Crippen LogP contribution in [0.3, 0.4) is 0 Å². The maximum atomic E-state index is 5.56. The smallest absolute Gasteiger partial charge is 0.0589 e. The zero-order valence-corrected chi connectivity index (χ0v) is 11.0. The van der Waals surface area contributed by atoms with Crippen LogP contribution >= 0.6 is 0 Å². The lowest BCUT2D eigenvalue weighted by molar-refractivity contribution is 0.143. The number of hydrogen-bond acceptors (Lipinski definition) is 3. The molecule has 0 bridgehead atoms. The molecule has 0 aliphatic heterocycles. The number of benzene rings is 1. The first kappa shape index (κ1) is 14.2. The van der Waals surface area contributed by atoms with Gasteiger partial charge in [-0.1, -0.05) is 29.8 Å². The fourth-order valence-corrected chi connectivity index (χ4v) is 1.76. The molecule has 1 aromatic rings. The molecule has 0 fully saturated rings. The van der Waals surface area contributed by atoms with Gasteiger partial charge >= 0.3 is 0 Å². The lowest BCUT2D eigenvalue weighted by Crippen LogP contribution is -2.29. The summed E-state index contributed by atoms with van der Waals surface area (Å²) < 4.78 is 5.14. The molecule has 0 atom stereocenters. The van der Waals surface area contributed by atoms with E-state index in [9.17, 15) is 0 Å². The van der Waals surface area contributed by atoms with Gasteiger partial charge in [-0.25, -0.2) is 0 Å². The molecule has 0 aliphatic carbocycles. The fraction of sp³-hybridized carbons (Fsp3) is 0.571. The van der Waals surface area contributed by atoms with Crippen LogP contribution in [0.5, 0.6) is 0 Å². The van der Waals surface area contributed by atoms with Crippen LogP contribution in [0.4, 0.5) is 0 Å². The zero-order chi connectivity index (χ0) is 12.5. The number of ether oxygens (including phenoxy) is 1. The van der Waals surface area contributed by atoms with E-state index in [4.69, 9.17) is 10.5 Å². The lowest BCUT2D eigenvalue weighted by Gasteiger charge is -2.21. The Balaban J connectivity index is 2.48. The third-order valence-corrected chi connectivity index (χ3v) is 2.82. The van der Waals surface area contributed by atoms with Crippen LogP contribution in [0, 0.1) is 6.92 Å². The van der Waals surface area contributed by atoms with Crippen molar-refractivity contribution in [1.29, 1.82) is 0 Å². The average molecular weight is 236 g/mol. The van der Waals surface area contributed by atoms with E-state index in [0.717, 1.165) is 39.2 Å². The molecule has 0 aliphatic rings. The van der Waals surface area contributed by atoms with Gasteiger partial charge in [0.15, 0.2) is 0 Å². The maximum absolute atomic E-state index is 5.56. The van der Waals surface area contributed by atoms with Crippen LogP contribution < -0.4 is 5.73 Å². The molecule has 0 spiro atoms. The van der Waals surface area contributed by atoms with Crippen LogP contribution in [-0.4, -0.2) is 38.3 Å². The first-order valence-corrected chi connectivity index (χ1v) is 6.23. The van der Waals surface area contributed by atoms with Crippen molar-refractivity contribution in [3.63, 3.8) is 0 Å². The van der Waals surface area contributed by atoms with E-state index in [1.54, 1.807) is 7.11 Å². The Labute approximate surface area is 105 Å². The maximum Gasteiger partial charge on any atom is 0.0589 e. The molecule has 0 radical (unpaired) electrons. The van der Waals surface area contributed by atoms with Crippen LogP contribution in [0.2, 0.25) is 0 Å². The quantitative estimate of drug-likeness (QED) is 0.748. The van der Waals surface area contributed by atoms with Crippen molar-refractivity contribution in [2.75, 3.05) is 33.4 Å². The highest BCUT2D eigenvalue weighted by atomic mass is 16.5. The van der Waals surface area contributed by atoms with E-state index < -0.39 is 0 Å². The molecule has 3 nitrogen and oxygen atoms in total. The highest BCUT2D eigenvalue weighted by Crippen LogP contribution is 2.07. The predicted octanol–water partition coefficient (Wildman–Crippen LogP) is 1.79. The van der Waals surface area contributed by atoms with E-state index in [1.807, 2.05) is 0 Å². The minimum Gasteiger partial charge on any atom is -0.383 e. The van der Waals surface area contributed by atoms with E-state index in [1.165, 1.54) is 11.1 Å².